The Morgan fingerprint density at radius 1 is 1.25 bits per heavy atom. The van der Waals surface area contributed by atoms with Gasteiger partial charge < -0.3 is 5.32 Å². The molecule has 0 saturated carbocycles. The average Bonchev–Trinajstić information content (AvgIpc) is 2.83. The molecule has 1 aromatic carbocycles. The Labute approximate surface area is 129 Å². The Morgan fingerprint density at radius 3 is 2.40 bits per heavy atom. The van der Waals surface area contributed by atoms with Crippen LogP contribution in [-0.2, 0) is 0 Å². The summed E-state index contributed by atoms with van der Waals surface area (Å²) >= 11 is 8.09. The van der Waals surface area contributed by atoms with Crippen molar-refractivity contribution in [2.24, 2.45) is 0 Å². The lowest BCUT2D eigenvalue weighted by Crippen LogP contribution is -2.22. The van der Waals surface area contributed by atoms with E-state index in [9.17, 15) is 0 Å². The van der Waals surface area contributed by atoms with Gasteiger partial charge in [0.15, 0.2) is 0 Å². The highest BCUT2D eigenvalue weighted by Gasteiger charge is 2.21. The van der Waals surface area contributed by atoms with E-state index < -0.39 is 0 Å². The van der Waals surface area contributed by atoms with Crippen LogP contribution >= 0.6 is 23.4 Å². The molecule has 0 aliphatic carbocycles. The summed E-state index contributed by atoms with van der Waals surface area (Å²) in [5.74, 6) is 0. The van der Waals surface area contributed by atoms with Gasteiger partial charge in [0, 0.05) is 10.9 Å². The topological polar surface area (TPSA) is 29.9 Å². The summed E-state index contributed by atoms with van der Waals surface area (Å²) in [5, 5.41) is 8.43. The number of halogens is 1. The molecule has 1 N–H and O–H groups in total. The molecule has 0 fully saturated rings. The molecule has 1 unspecified atom stereocenters. The molecule has 5 heteroatoms. The molecule has 0 bridgehead atoms. The molecule has 0 aliphatic heterocycles. The third-order valence-electron chi connectivity index (χ3n) is 3.29. The third kappa shape index (κ3) is 3.03. The Hall–Kier alpha value is -0.970. The van der Waals surface area contributed by atoms with Crippen LogP contribution in [0.25, 0.3) is 0 Å². The summed E-state index contributed by atoms with van der Waals surface area (Å²) in [7, 11) is 1.95. The number of hydrogen-bond acceptors (Lipinski definition) is 3. The molecular weight excluding hydrogens is 290 g/mol. The summed E-state index contributed by atoms with van der Waals surface area (Å²) in [6.07, 6.45) is 3.80. The fourth-order valence-corrected chi connectivity index (χ4v) is 2.94. The van der Waals surface area contributed by atoms with Gasteiger partial charge in [0.1, 0.15) is 0 Å². The van der Waals surface area contributed by atoms with E-state index in [-0.39, 0.29) is 12.1 Å². The maximum atomic E-state index is 6.34. The van der Waals surface area contributed by atoms with E-state index in [2.05, 4.69) is 54.8 Å². The lowest BCUT2D eigenvalue weighted by Gasteiger charge is -2.21. The summed E-state index contributed by atoms with van der Waals surface area (Å²) in [6.45, 7) is 4.22. The standard InChI is InChI=1S/C15H20ClN3S/c1-10(2)19-15(13(16)9-18-19)14(17-3)11-5-7-12(20-4)8-6-11/h5-10,14,17H,1-4H3. The van der Waals surface area contributed by atoms with Crippen LogP contribution in [0.1, 0.15) is 37.2 Å². The van der Waals surface area contributed by atoms with Crippen molar-refractivity contribution in [3.63, 3.8) is 0 Å². The molecule has 0 aliphatic rings. The second kappa shape index (κ2) is 6.66. The minimum Gasteiger partial charge on any atom is -0.308 e. The SMILES string of the molecule is CNC(c1ccc(SC)cc1)c1c(Cl)cnn1C(C)C. The molecule has 1 heterocycles. The second-order valence-corrected chi connectivity index (χ2v) is 6.20. The Kier molecular flexibility index (Phi) is 5.13. The second-order valence-electron chi connectivity index (χ2n) is 4.91. The monoisotopic (exact) mass is 309 g/mol. The molecule has 2 aromatic rings. The van der Waals surface area contributed by atoms with Gasteiger partial charge in [-0.05, 0) is 44.8 Å². The van der Waals surface area contributed by atoms with Gasteiger partial charge in [-0.25, -0.2) is 0 Å². The van der Waals surface area contributed by atoms with E-state index in [0.29, 0.717) is 5.02 Å². The predicted molar refractivity (Wildman–Crippen MR) is 86.7 cm³/mol. The van der Waals surface area contributed by atoms with Gasteiger partial charge >= 0.3 is 0 Å². The molecule has 108 valence electrons. The van der Waals surface area contributed by atoms with E-state index in [4.69, 9.17) is 11.6 Å². The largest absolute Gasteiger partial charge is 0.308 e. The molecule has 0 spiro atoms. The van der Waals surface area contributed by atoms with Crippen LogP contribution in [0.2, 0.25) is 5.02 Å². The van der Waals surface area contributed by atoms with Crippen molar-refractivity contribution in [1.82, 2.24) is 15.1 Å². The first-order chi connectivity index (χ1) is 9.58. The van der Waals surface area contributed by atoms with Crippen LogP contribution < -0.4 is 5.32 Å². The molecule has 1 atom stereocenters. The number of nitrogens with zero attached hydrogens (tertiary/aromatic N) is 2. The van der Waals surface area contributed by atoms with Crippen LogP contribution in [0.4, 0.5) is 0 Å². The highest BCUT2D eigenvalue weighted by Crippen LogP contribution is 2.30. The van der Waals surface area contributed by atoms with Gasteiger partial charge in [-0.1, -0.05) is 23.7 Å². The van der Waals surface area contributed by atoms with Gasteiger partial charge in [0.05, 0.1) is 23.0 Å². The van der Waals surface area contributed by atoms with Crippen molar-refractivity contribution < 1.29 is 0 Å². The highest BCUT2D eigenvalue weighted by molar-refractivity contribution is 7.98. The smallest absolute Gasteiger partial charge is 0.0837 e. The quantitative estimate of drug-likeness (QED) is 0.842. The number of aromatic nitrogens is 2. The molecule has 3 nitrogen and oxygen atoms in total. The Morgan fingerprint density at radius 2 is 1.90 bits per heavy atom. The van der Waals surface area contributed by atoms with E-state index in [0.717, 1.165) is 5.69 Å². The van der Waals surface area contributed by atoms with E-state index >= 15 is 0 Å². The molecule has 1 aromatic heterocycles. The van der Waals surface area contributed by atoms with Gasteiger partial charge in [0.25, 0.3) is 0 Å². The molecule has 0 saturated heterocycles. The van der Waals surface area contributed by atoms with E-state index in [1.54, 1.807) is 18.0 Å². The van der Waals surface area contributed by atoms with Crippen molar-refractivity contribution in [1.29, 1.82) is 0 Å². The zero-order chi connectivity index (χ0) is 14.7. The van der Waals surface area contributed by atoms with Crippen molar-refractivity contribution in [2.45, 2.75) is 30.8 Å². The number of rotatable bonds is 5. The maximum Gasteiger partial charge on any atom is 0.0837 e. The summed E-state index contributed by atoms with van der Waals surface area (Å²) in [5.41, 5.74) is 2.20. The van der Waals surface area contributed by atoms with Crippen molar-refractivity contribution >= 4 is 23.4 Å². The van der Waals surface area contributed by atoms with Crippen LogP contribution in [0.15, 0.2) is 35.4 Å². The lowest BCUT2D eigenvalue weighted by molar-refractivity contribution is 0.484. The summed E-state index contributed by atoms with van der Waals surface area (Å²) in [6, 6.07) is 8.87. The molecular formula is C15H20ClN3S. The first-order valence-corrected chi connectivity index (χ1v) is 8.22. The Bertz CT molecular complexity index is 563. The number of hydrogen-bond donors (Lipinski definition) is 1. The minimum absolute atomic E-state index is 0.0447. The van der Waals surface area contributed by atoms with Crippen molar-refractivity contribution in [3.05, 3.63) is 46.7 Å². The van der Waals surface area contributed by atoms with Crippen LogP contribution in [-0.4, -0.2) is 23.1 Å². The van der Waals surface area contributed by atoms with E-state index in [1.165, 1.54) is 10.5 Å². The van der Waals surface area contributed by atoms with Crippen molar-refractivity contribution in [3.8, 4) is 0 Å². The van der Waals surface area contributed by atoms with Crippen LogP contribution in [0.3, 0.4) is 0 Å². The molecule has 20 heavy (non-hydrogen) atoms. The molecule has 0 radical (unpaired) electrons. The lowest BCUT2D eigenvalue weighted by atomic mass is 10.0. The number of benzene rings is 1. The van der Waals surface area contributed by atoms with Crippen LogP contribution in [0.5, 0.6) is 0 Å². The van der Waals surface area contributed by atoms with Gasteiger partial charge in [-0.2, -0.15) is 5.10 Å². The number of nitrogens with one attached hydrogen (secondary N) is 1. The maximum absolute atomic E-state index is 6.34. The zero-order valence-electron chi connectivity index (χ0n) is 12.2. The normalized spacial score (nSPS) is 12.9. The third-order valence-corrected chi connectivity index (χ3v) is 4.32. The zero-order valence-corrected chi connectivity index (χ0v) is 13.8. The predicted octanol–water partition coefficient (Wildman–Crippen LogP) is 4.15. The summed E-state index contributed by atoms with van der Waals surface area (Å²) in [4.78, 5) is 1.26. The fourth-order valence-electron chi connectivity index (χ4n) is 2.29. The average molecular weight is 310 g/mol. The van der Waals surface area contributed by atoms with Gasteiger partial charge in [-0.3, -0.25) is 4.68 Å². The fraction of sp³-hybridized carbons (Fsp3) is 0.400. The summed E-state index contributed by atoms with van der Waals surface area (Å²) < 4.78 is 1.98. The van der Waals surface area contributed by atoms with Crippen LogP contribution in [0, 0.1) is 0 Å². The minimum atomic E-state index is 0.0447. The number of thioether (sulfide) groups is 1. The molecule has 0 amide bonds. The first kappa shape index (κ1) is 15.4. The Balaban J connectivity index is 2.43. The first-order valence-electron chi connectivity index (χ1n) is 6.62. The van der Waals surface area contributed by atoms with Gasteiger partial charge in [0.2, 0.25) is 0 Å². The highest BCUT2D eigenvalue weighted by atomic mass is 35.5. The van der Waals surface area contributed by atoms with Gasteiger partial charge in [-0.15, -0.1) is 11.8 Å². The van der Waals surface area contributed by atoms with E-state index in [1.807, 2.05) is 11.7 Å². The van der Waals surface area contributed by atoms with Crippen molar-refractivity contribution in [2.75, 3.05) is 13.3 Å². The molecule has 2 rings (SSSR count).